The number of aromatic nitrogens is 5. The first-order valence-corrected chi connectivity index (χ1v) is 12.4. The number of hydrogen-bond acceptors (Lipinski definition) is 11. The molecule has 0 saturated heterocycles. The number of nitrogens with zero attached hydrogens (tertiary/aromatic N) is 5. The molecular formula is C29H29N5O7. The molecule has 0 amide bonds. The van der Waals surface area contributed by atoms with Crippen molar-refractivity contribution in [1.29, 1.82) is 0 Å². The van der Waals surface area contributed by atoms with Crippen LogP contribution in [0.4, 0.5) is 0 Å². The van der Waals surface area contributed by atoms with E-state index in [4.69, 9.17) is 43.2 Å². The number of fused-ring (bicyclic) bond motifs is 1. The lowest BCUT2D eigenvalue weighted by atomic mass is 10.1. The van der Waals surface area contributed by atoms with E-state index in [1.54, 1.807) is 66.6 Å². The largest absolute Gasteiger partial charge is 0.497 e. The van der Waals surface area contributed by atoms with Gasteiger partial charge < -0.3 is 33.2 Å². The van der Waals surface area contributed by atoms with E-state index in [2.05, 4.69) is 10.2 Å². The zero-order valence-corrected chi connectivity index (χ0v) is 23.7. The number of benzene rings is 3. The maximum Gasteiger partial charge on any atom is 0.204 e. The van der Waals surface area contributed by atoms with Crippen LogP contribution in [-0.2, 0) is 0 Å². The van der Waals surface area contributed by atoms with Crippen molar-refractivity contribution in [2.75, 3.05) is 49.8 Å². The number of ether oxygens (including phenoxy) is 7. The minimum atomic E-state index is 0.333. The molecule has 212 valence electrons. The van der Waals surface area contributed by atoms with Gasteiger partial charge in [0.05, 0.1) is 55.5 Å². The van der Waals surface area contributed by atoms with Crippen LogP contribution >= 0.6 is 0 Å². The summed E-state index contributed by atoms with van der Waals surface area (Å²) in [6, 6.07) is 14.6. The van der Waals surface area contributed by atoms with E-state index in [1.165, 1.54) is 0 Å². The van der Waals surface area contributed by atoms with Crippen molar-refractivity contribution in [3.05, 3.63) is 48.5 Å². The minimum absolute atomic E-state index is 0.333. The second-order valence-corrected chi connectivity index (χ2v) is 8.59. The minimum Gasteiger partial charge on any atom is -0.497 e. The van der Waals surface area contributed by atoms with Crippen LogP contribution in [-0.4, -0.2) is 74.7 Å². The van der Waals surface area contributed by atoms with Gasteiger partial charge in [-0.05, 0) is 48.5 Å². The molecule has 0 unspecified atom stereocenters. The summed E-state index contributed by atoms with van der Waals surface area (Å²) in [5.41, 5.74) is 3.49. The van der Waals surface area contributed by atoms with E-state index < -0.39 is 0 Å². The van der Waals surface area contributed by atoms with E-state index in [-0.39, 0.29) is 0 Å². The highest BCUT2D eigenvalue weighted by atomic mass is 16.5. The van der Waals surface area contributed by atoms with E-state index in [0.29, 0.717) is 74.1 Å². The van der Waals surface area contributed by atoms with Gasteiger partial charge in [-0.25, -0.2) is 9.67 Å². The van der Waals surface area contributed by atoms with Gasteiger partial charge in [0.2, 0.25) is 17.1 Å². The third kappa shape index (κ3) is 4.84. The highest BCUT2D eigenvalue weighted by Gasteiger charge is 2.23. The Labute approximate surface area is 236 Å². The molecule has 0 aliphatic carbocycles. The first kappa shape index (κ1) is 27.3. The molecule has 3 aromatic carbocycles. The zero-order chi connectivity index (χ0) is 29.1. The average molecular weight is 560 g/mol. The van der Waals surface area contributed by atoms with E-state index in [0.717, 1.165) is 5.69 Å². The lowest BCUT2D eigenvalue weighted by Gasteiger charge is -2.14. The number of rotatable bonds is 10. The van der Waals surface area contributed by atoms with Crippen LogP contribution in [0.2, 0.25) is 0 Å². The standard InChI is InChI=1S/C29H29N5O7/c1-35-19-10-8-18(9-11-19)34-29-25(24(33-34)16-12-20(36-2)26(40-6)21(13-16)37-3)30-28(31-32-29)17-14-22(38-4)27(41-7)23(15-17)39-5/h8-15H,1-7H3. The van der Waals surface area contributed by atoms with Crippen molar-refractivity contribution in [2.24, 2.45) is 0 Å². The fourth-order valence-corrected chi connectivity index (χ4v) is 4.46. The van der Waals surface area contributed by atoms with Gasteiger partial charge in [-0.3, -0.25) is 0 Å². The van der Waals surface area contributed by atoms with Gasteiger partial charge >= 0.3 is 0 Å². The molecule has 0 radical (unpaired) electrons. The predicted octanol–water partition coefficient (Wildman–Crippen LogP) is 4.60. The van der Waals surface area contributed by atoms with E-state index >= 15 is 0 Å². The third-order valence-electron chi connectivity index (χ3n) is 6.47. The molecule has 0 atom stereocenters. The van der Waals surface area contributed by atoms with E-state index in [1.807, 2.05) is 36.4 Å². The van der Waals surface area contributed by atoms with E-state index in [9.17, 15) is 0 Å². The summed E-state index contributed by atoms with van der Waals surface area (Å²) in [5, 5.41) is 13.9. The molecule has 2 heterocycles. The van der Waals surface area contributed by atoms with Crippen molar-refractivity contribution < 1.29 is 33.2 Å². The van der Waals surface area contributed by atoms with Gasteiger partial charge in [-0.15, -0.1) is 10.2 Å². The summed E-state index contributed by atoms with van der Waals surface area (Å²) in [5.74, 6) is 3.83. The molecule has 2 aromatic heterocycles. The van der Waals surface area contributed by atoms with Crippen molar-refractivity contribution >= 4 is 11.2 Å². The van der Waals surface area contributed by atoms with Crippen molar-refractivity contribution in [3.63, 3.8) is 0 Å². The molecule has 0 N–H and O–H groups in total. The summed E-state index contributed by atoms with van der Waals surface area (Å²) < 4.78 is 40.2. The Morgan fingerprint density at radius 3 is 1.54 bits per heavy atom. The number of hydrogen-bond donors (Lipinski definition) is 0. The van der Waals surface area contributed by atoms with Crippen molar-refractivity contribution in [1.82, 2.24) is 25.0 Å². The fraction of sp³-hybridized carbons (Fsp3) is 0.241. The van der Waals surface area contributed by atoms with Gasteiger partial charge in [0, 0.05) is 11.1 Å². The van der Waals surface area contributed by atoms with Crippen molar-refractivity contribution in [2.45, 2.75) is 0 Å². The van der Waals surface area contributed by atoms with Crippen LogP contribution < -0.4 is 33.2 Å². The molecular weight excluding hydrogens is 530 g/mol. The highest BCUT2D eigenvalue weighted by molar-refractivity contribution is 5.90. The maximum absolute atomic E-state index is 5.59. The lowest BCUT2D eigenvalue weighted by molar-refractivity contribution is 0.324. The Hall–Kier alpha value is -5.26. The Morgan fingerprint density at radius 2 is 1.07 bits per heavy atom. The van der Waals surface area contributed by atoms with Gasteiger partial charge in [0.15, 0.2) is 28.8 Å². The second-order valence-electron chi connectivity index (χ2n) is 8.59. The predicted molar refractivity (Wildman–Crippen MR) is 151 cm³/mol. The smallest absolute Gasteiger partial charge is 0.204 e. The van der Waals surface area contributed by atoms with Crippen LogP contribution in [0, 0.1) is 0 Å². The van der Waals surface area contributed by atoms with Crippen LogP contribution in [0.15, 0.2) is 48.5 Å². The van der Waals surface area contributed by atoms with Gasteiger partial charge in [-0.2, -0.15) is 5.10 Å². The summed E-state index contributed by atoms with van der Waals surface area (Å²) in [6.45, 7) is 0. The van der Waals surface area contributed by atoms with Crippen LogP contribution in [0.1, 0.15) is 0 Å². The van der Waals surface area contributed by atoms with Gasteiger partial charge in [0.1, 0.15) is 17.0 Å². The summed E-state index contributed by atoms with van der Waals surface area (Å²) in [6.07, 6.45) is 0. The number of methoxy groups -OCH3 is 7. The zero-order valence-electron chi connectivity index (χ0n) is 23.7. The van der Waals surface area contributed by atoms with Crippen LogP contribution in [0.25, 0.3) is 39.5 Å². The second kappa shape index (κ2) is 11.5. The molecule has 5 aromatic rings. The van der Waals surface area contributed by atoms with Gasteiger partial charge in [-0.1, -0.05) is 0 Å². The van der Waals surface area contributed by atoms with Crippen molar-refractivity contribution in [3.8, 4) is 68.6 Å². The lowest BCUT2D eigenvalue weighted by Crippen LogP contribution is -2.01. The topological polar surface area (TPSA) is 121 Å². The SMILES string of the molecule is COc1ccc(-n2nc(-c3cc(OC)c(OC)c(OC)c3)c3nc(-c4cc(OC)c(OC)c(OC)c4)nnc32)cc1. The quantitative estimate of drug-likeness (QED) is 0.239. The maximum atomic E-state index is 5.59. The third-order valence-corrected chi connectivity index (χ3v) is 6.47. The molecule has 0 aliphatic heterocycles. The molecule has 5 rings (SSSR count). The normalized spacial score (nSPS) is 10.8. The summed E-state index contributed by atoms with van der Waals surface area (Å²) in [4.78, 5) is 4.92. The van der Waals surface area contributed by atoms with Crippen LogP contribution in [0.3, 0.4) is 0 Å². The molecule has 0 aliphatic rings. The molecule has 0 spiro atoms. The summed E-state index contributed by atoms with van der Waals surface area (Å²) >= 11 is 0. The monoisotopic (exact) mass is 559 g/mol. The Kier molecular flexibility index (Phi) is 7.64. The Balaban J connectivity index is 1.78. The molecule has 41 heavy (non-hydrogen) atoms. The Bertz CT molecular complexity index is 1650. The highest BCUT2D eigenvalue weighted by Crippen LogP contribution is 2.43. The van der Waals surface area contributed by atoms with Crippen LogP contribution in [0.5, 0.6) is 40.2 Å². The fourth-order valence-electron chi connectivity index (χ4n) is 4.46. The summed E-state index contributed by atoms with van der Waals surface area (Å²) in [7, 11) is 10.9. The molecule has 0 fully saturated rings. The molecule has 0 bridgehead atoms. The Morgan fingerprint density at radius 1 is 0.561 bits per heavy atom. The molecule has 12 nitrogen and oxygen atoms in total. The van der Waals surface area contributed by atoms with Gasteiger partial charge in [0.25, 0.3) is 0 Å². The first-order valence-electron chi connectivity index (χ1n) is 12.4. The first-order chi connectivity index (χ1) is 20.0. The average Bonchev–Trinajstić information content (AvgIpc) is 3.42. The molecule has 12 heteroatoms. The molecule has 0 saturated carbocycles.